The molecule has 1 saturated heterocycles. The first-order valence-electron chi connectivity index (χ1n) is 5.99. The molecule has 1 spiro atoms. The zero-order valence-corrected chi connectivity index (χ0v) is 9.89. The number of rotatable bonds is 1. The summed E-state index contributed by atoms with van der Waals surface area (Å²) in [4.78, 5) is 14.2. The molecule has 2 heterocycles. The molecule has 0 radical (unpaired) electrons. The molecular formula is C13H15N3O. The fourth-order valence-corrected chi connectivity index (χ4v) is 2.30. The van der Waals surface area contributed by atoms with Gasteiger partial charge in [-0.1, -0.05) is 17.7 Å². The number of amides is 1. The predicted molar refractivity (Wildman–Crippen MR) is 63.9 cm³/mol. The van der Waals surface area contributed by atoms with Crippen LogP contribution in [0.2, 0.25) is 0 Å². The molecule has 88 valence electrons. The van der Waals surface area contributed by atoms with Gasteiger partial charge >= 0.3 is 0 Å². The molecule has 0 saturated carbocycles. The predicted octanol–water partition coefficient (Wildman–Crippen LogP) is 2.39. The Balaban J connectivity index is 1.70. The lowest BCUT2D eigenvalue weighted by molar-refractivity contribution is 0.0702. The van der Waals surface area contributed by atoms with Crippen molar-refractivity contribution in [3.05, 3.63) is 35.4 Å². The van der Waals surface area contributed by atoms with E-state index in [1.54, 1.807) is 0 Å². The van der Waals surface area contributed by atoms with Gasteiger partial charge in [0.05, 0.1) is 0 Å². The first kappa shape index (κ1) is 10.4. The summed E-state index contributed by atoms with van der Waals surface area (Å²) in [6, 6.07) is 7.76. The van der Waals surface area contributed by atoms with Crippen LogP contribution in [0.3, 0.4) is 0 Å². The Morgan fingerprint density at radius 2 is 2.00 bits per heavy atom. The van der Waals surface area contributed by atoms with Crippen molar-refractivity contribution in [3.63, 3.8) is 0 Å². The van der Waals surface area contributed by atoms with Gasteiger partial charge in [0.25, 0.3) is 5.91 Å². The molecule has 17 heavy (non-hydrogen) atoms. The van der Waals surface area contributed by atoms with E-state index in [1.807, 2.05) is 36.1 Å². The minimum Gasteiger partial charge on any atom is -0.338 e. The number of carbonyl (C=O) groups is 1. The van der Waals surface area contributed by atoms with E-state index in [4.69, 9.17) is 0 Å². The van der Waals surface area contributed by atoms with Gasteiger partial charge in [-0.25, -0.2) is 0 Å². The number of piperidine rings is 1. The van der Waals surface area contributed by atoms with Crippen LogP contribution >= 0.6 is 0 Å². The molecule has 1 fully saturated rings. The van der Waals surface area contributed by atoms with E-state index >= 15 is 0 Å². The highest BCUT2D eigenvalue weighted by molar-refractivity contribution is 5.94. The lowest BCUT2D eigenvalue weighted by Crippen LogP contribution is -2.41. The number of likely N-dealkylation sites (tertiary alicyclic amines) is 1. The second-order valence-electron chi connectivity index (χ2n) is 4.84. The van der Waals surface area contributed by atoms with Crippen molar-refractivity contribution in [2.75, 3.05) is 13.1 Å². The van der Waals surface area contributed by atoms with Gasteiger partial charge in [0.1, 0.15) is 0 Å². The van der Waals surface area contributed by atoms with Crippen LogP contribution in [-0.4, -0.2) is 29.6 Å². The Labute approximate surface area is 100 Å². The van der Waals surface area contributed by atoms with Crippen LogP contribution in [0, 0.1) is 6.92 Å². The normalized spacial score (nSPS) is 20.6. The summed E-state index contributed by atoms with van der Waals surface area (Å²) in [6.45, 7) is 3.53. The zero-order chi connectivity index (χ0) is 11.9. The van der Waals surface area contributed by atoms with Gasteiger partial charge in [0.2, 0.25) is 0 Å². The fourth-order valence-electron chi connectivity index (χ4n) is 2.30. The topological polar surface area (TPSA) is 45.0 Å². The Bertz CT molecular complexity index is 479. The molecule has 0 bridgehead atoms. The molecular weight excluding hydrogens is 214 g/mol. The van der Waals surface area contributed by atoms with Gasteiger partial charge in [-0.2, -0.15) is 10.2 Å². The monoisotopic (exact) mass is 229 g/mol. The number of carbonyl (C=O) groups excluding carboxylic acids is 1. The van der Waals surface area contributed by atoms with E-state index in [0.29, 0.717) is 0 Å². The smallest absolute Gasteiger partial charge is 0.253 e. The van der Waals surface area contributed by atoms with Gasteiger partial charge in [-0.3, -0.25) is 4.79 Å². The largest absolute Gasteiger partial charge is 0.338 e. The molecule has 0 aromatic heterocycles. The van der Waals surface area contributed by atoms with Crippen LogP contribution in [0.25, 0.3) is 0 Å². The second kappa shape index (κ2) is 3.65. The highest BCUT2D eigenvalue weighted by atomic mass is 16.2. The summed E-state index contributed by atoms with van der Waals surface area (Å²) < 4.78 is 0. The number of benzene rings is 1. The van der Waals surface area contributed by atoms with Gasteiger partial charge < -0.3 is 4.90 Å². The maximum atomic E-state index is 12.2. The molecule has 2 aliphatic heterocycles. The maximum absolute atomic E-state index is 12.2. The van der Waals surface area contributed by atoms with Crippen LogP contribution in [0.15, 0.2) is 34.5 Å². The molecule has 0 unspecified atom stereocenters. The van der Waals surface area contributed by atoms with E-state index in [-0.39, 0.29) is 11.6 Å². The minimum absolute atomic E-state index is 0.108. The molecule has 1 aromatic carbocycles. The maximum Gasteiger partial charge on any atom is 0.253 e. The SMILES string of the molecule is Cc1cccc(C(=O)N2CCC3(CC2)N=N3)c1. The molecule has 4 nitrogen and oxygen atoms in total. The molecule has 0 aliphatic carbocycles. The first-order chi connectivity index (χ1) is 8.19. The van der Waals surface area contributed by atoms with Crippen LogP contribution in [0.5, 0.6) is 0 Å². The average Bonchev–Trinajstić information content (AvgIpc) is 3.09. The molecule has 0 atom stereocenters. The van der Waals surface area contributed by atoms with E-state index < -0.39 is 0 Å². The molecule has 1 amide bonds. The molecule has 1 aromatic rings. The number of nitrogens with zero attached hydrogens (tertiary/aromatic N) is 3. The first-order valence-corrected chi connectivity index (χ1v) is 5.99. The lowest BCUT2D eigenvalue weighted by Gasteiger charge is -2.29. The Morgan fingerprint density at radius 3 is 2.59 bits per heavy atom. The highest BCUT2D eigenvalue weighted by Gasteiger charge is 2.43. The summed E-state index contributed by atoms with van der Waals surface area (Å²) in [6.07, 6.45) is 1.76. The fraction of sp³-hybridized carbons (Fsp3) is 0.462. The van der Waals surface area contributed by atoms with E-state index in [1.165, 1.54) is 0 Å². The van der Waals surface area contributed by atoms with Crippen LogP contribution in [-0.2, 0) is 0 Å². The molecule has 0 N–H and O–H groups in total. The quantitative estimate of drug-likeness (QED) is 0.729. The Kier molecular flexibility index (Phi) is 2.24. The highest BCUT2D eigenvalue weighted by Crippen LogP contribution is 2.38. The van der Waals surface area contributed by atoms with Crippen molar-refractivity contribution in [2.24, 2.45) is 10.2 Å². The van der Waals surface area contributed by atoms with Crippen molar-refractivity contribution in [1.82, 2.24) is 4.90 Å². The number of hydrogen-bond acceptors (Lipinski definition) is 3. The lowest BCUT2D eigenvalue weighted by atomic mass is 10.0. The summed E-state index contributed by atoms with van der Waals surface area (Å²) >= 11 is 0. The summed E-state index contributed by atoms with van der Waals surface area (Å²) in [5.41, 5.74) is 1.80. The Hall–Kier alpha value is -1.71. The van der Waals surface area contributed by atoms with Crippen LogP contribution < -0.4 is 0 Å². The molecule has 4 heteroatoms. The van der Waals surface area contributed by atoms with Gasteiger partial charge in [-0.05, 0) is 19.1 Å². The summed E-state index contributed by atoms with van der Waals surface area (Å²) in [5, 5.41) is 8.12. The number of aryl methyl sites for hydroxylation is 1. The van der Waals surface area contributed by atoms with Crippen molar-refractivity contribution in [2.45, 2.75) is 25.4 Å². The average molecular weight is 229 g/mol. The van der Waals surface area contributed by atoms with Crippen molar-refractivity contribution >= 4 is 5.91 Å². The standard InChI is InChI=1S/C13H15N3O/c1-10-3-2-4-11(9-10)12(17)16-7-5-13(6-8-16)14-15-13/h2-4,9H,5-8H2,1H3. The van der Waals surface area contributed by atoms with E-state index in [9.17, 15) is 4.79 Å². The summed E-state index contributed by atoms with van der Waals surface area (Å²) in [7, 11) is 0. The van der Waals surface area contributed by atoms with Crippen LogP contribution in [0.1, 0.15) is 28.8 Å². The Morgan fingerprint density at radius 1 is 1.29 bits per heavy atom. The van der Waals surface area contributed by atoms with Crippen molar-refractivity contribution in [1.29, 1.82) is 0 Å². The molecule has 2 aliphatic rings. The second-order valence-corrected chi connectivity index (χ2v) is 4.84. The van der Waals surface area contributed by atoms with E-state index in [0.717, 1.165) is 37.1 Å². The van der Waals surface area contributed by atoms with Gasteiger partial charge in [0, 0.05) is 31.5 Å². The minimum atomic E-state index is -0.108. The summed E-state index contributed by atoms with van der Waals surface area (Å²) in [5.74, 6) is 0.129. The third kappa shape index (κ3) is 1.95. The number of hydrogen-bond donors (Lipinski definition) is 0. The third-order valence-electron chi connectivity index (χ3n) is 3.50. The van der Waals surface area contributed by atoms with Gasteiger partial charge in [-0.15, -0.1) is 0 Å². The van der Waals surface area contributed by atoms with Crippen molar-refractivity contribution < 1.29 is 4.79 Å². The van der Waals surface area contributed by atoms with Gasteiger partial charge in [0.15, 0.2) is 5.66 Å². The molecule has 3 rings (SSSR count). The zero-order valence-electron chi connectivity index (χ0n) is 9.89. The third-order valence-corrected chi connectivity index (χ3v) is 3.50. The van der Waals surface area contributed by atoms with Crippen LogP contribution in [0.4, 0.5) is 0 Å². The van der Waals surface area contributed by atoms with E-state index in [2.05, 4.69) is 10.2 Å². The van der Waals surface area contributed by atoms with Crippen molar-refractivity contribution in [3.8, 4) is 0 Å².